The minimum absolute atomic E-state index is 0.170. The average Bonchev–Trinajstić information content (AvgIpc) is 2.69. The topological polar surface area (TPSA) is 93.7 Å². The molecule has 0 heterocycles. The molecule has 0 aromatic heterocycles. The highest BCUT2D eigenvalue weighted by Gasteiger charge is 2.51. The monoisotopic (exact) mass is 414 g/mol. The van der Waals surface area contributed by atoms with Gasteiger partial charge >= 0.3 is 12.0 Å². The zero-order valence-electron chi connectivity index (χ0n) is 17.4. The molecule has 7 heteroatoms. The molecule has 2 N–H and O–H groups in total. The molecule has 0 aliphatic heterocycles. The Morgan fingerprint density at radius 2 is 1.57 bits per heavy atom. The van der Waals surface area contributed by atoms with E-state index in [4.69, 9.17) is 9.47 Å². The highest BCUT2D eigenvalue weighted by atomic mass is 16.6. The molecule has 5 rings (SSSR count). The van der Waals surface area contributed by atoms with E-state index in [-0.39, 0.29) is 12.1 Å². The van der Waals surface area contributed by atoms with Crippen LogP contribution in [-0.4, -0.2) is 36.7 Å². The van der Waals surface area contributed by atoms with E-state index in [1.165, 1.54) is 24.8 Å². The fourth-order valence-electron chi connectivity index (χ4n) is 5.85. The van der Waals surface area contributed by atoms with Crippen molar-refractivity contribution in [1.29, 1.82) is 0 Å². The number of carbonyl (C=O) groups is 3. The fourth-order valence-corrected chi connectivity index (χ4v) is 5.85. The van der Waals surface area contributed by atoms with Crippen molar-refractivity contribution >= 4 is 17.9 Å². The van der Waals surface area contributed by atoms with Crippen molar-refractivity contribution in [3.63, 3.8) is 0 Å². The number of nitrogens with one attached hydrogen (secondary N) is 2. The van der Waals surface area contributed by atoms with Gasteiger partial charge in [-0.05, 0) is 80.4 Å². The lowest BCUT2D eigenvalue weighted by molar-refractivity contribution is -0.150. The molecule has 3 amide bonds. The van der Waals surface area contributed by atoms with Crippen molar-refractivity contribution in [2.24, 2.45) is 17.8 Å². The number of rotatable bonds is 7. The van der Waals surface area contributed by atoms with E-state index in [9.17, 15) is 14.4 Å². The van der Waals surface area contributed by atoms with Gasteiger partial charge in [0.15, 0.2) is 13.2 Å². The van der Waals surface area contributed by atoms with Crippen LogP contribution < -0.4 is 15.4 Å². The summed E-state index contributed by atoms with van der Waals surface area (Å²) >= 11 is 0. The number of urea groups is 1. The summed E-state index contributed by atoms with van der Waals surface area (Å²) in [5, 5.41) is 5.35. The van der Waals surface area contributed by atoms with E-state index < -0.39 is 24.5 Å². The van der Waals surface area contributed by atoms with Crippen LogP contribution in [-0.2, 0) is 20.7 Å². The summed E-state index contributed by atoms with van der Waals surface area (Å²) in [4.78, 5) is 36.1. The van der Waals surface area contributed by atoms with Gasteiger partial charge in [-0.25, -0.2) is 9.59 Å². The Labute approximate surface area is 176 Å². The van der Waals surface area contributed by atoms with Crippen LogP contribution >= 0.6 is 0 Å². The van der Waals surface area contributed by atoms with E-state index in [0.29, 0.717) is 23.5 Å². The van der Waals surface area contributed by atoms with Gasteiger partial charge < -0.3 is 14.8 Å². The largest absolute Gasteiger partial charge is 0.482 e. The van der Waals surface area contributed by atoms with Gasteiger partial charge in [-0.3, -0.25) is 10.1 Å². The number of carbonyl (C=O) groups excluding carboxylic acids is 3. The van der Waals surface area contributed by atoms with E-state index in [1.54, 1.807) is 12.1 Å². The lowest BCUT2D eigenvalue weighted by Crippen LogP contribution is -2.62. The summed E-state index contributed by atoms with van der Waals surface area (Å²) in [7, 11) is 0. The van der Waals surface area contributed by atoms with Crippen LogP contribution in [0.15, 0.2) is 24.3 Å². The zero-order valence-corrected chi connectivity index (χ0v) is 17.4. The van der Waals surface area contributed by atoms with Gasteiger partial charge in [0.05, 0.1) is 0 Å². The van der Waals surface area contributed by atoms with Crippen molar-refractivity contribution < 1.29 is 23.9 Å². The highest BCUT2D eigenvalue weighted by Crippen LogP contribution is 2.55. The molecule has 1 aromatic carbocycles. The summed E-state index contributed by atoms with van der Waals surface area (Å²) in [6.45, 7) is 1.26. The smallest absolute Gasteiger partial charge is 0.344 e. The predicted octanol–water partition coefficient (Wildman–Crippen LogP) is 2.97. The summed E-state index contributed by atoms with van der Waals surface area (Å²) in [6, 6.07) is 6.93. The lowest BCUT2D eigenvalue weighted by atomic mass is 9.53. The van der Waals surface area contributed by atoms with Crippen LogP contribution in [0.1, 0.15) is 51.0 Å². The Kier molecular flexibility index (Phi) is 5.97. The van der Waals surface area contributed by atoms with Gasteiger partial charge in [0.1, 0.15) is 5.75 Å². The number of hydrogen-bond acceptors (Lipinski definition) is 5. The molecule has 162 valence electrons. The van der Waals surface area contributed by atoms with Crippen LogP contribution in [0, 0.1) is 17.8 Å². The molecule has 4 aliphatic carbocycles. The predicted molar refractivity (Wildman–Crippen MR) is 110 cm³/mol. The molecular formula is C23H30N2O5. The number of hydrogen-bond donors (Lipinski definition) is 2. The highest BCUT2D eigenvalue weighted by molar-refractivity contribution is 5.95. The number of esters is 1. The van der Waals surface area contributed by atoms with Gasteiger partial charge in [-0.2, -0.15) is 0 Å². The number of benzene rings is 1. The maximum Gasteiger partial charge on any atom is 0.344 e. The van der Waals surface area contributed by atoms with Gasteiger partial charge in [-0.1, -0.05) is 19.1 Å². The molecule has 4 fully saturated rings. The molecule has 0 saturated heterocycles. The Balaban J connectivity index is 1.16. The molecule has 1 aromatic rings. The Hall–Kier alpha value is -2.57. The van der Waals surface area contributed by atoms with Crippen molar-refractivity contribution in [2.75, 3.05) is 13.2 Å². The number of aryl methyl sites for hydroxylation is 1. The van der Waals surface area contributed by atoms with Crippen LogP contribution in [0.25, 0.3) is 0 Å². The van der Waals surface area contributed by atoms with Crippen LogP contribution in [0.4, 0.5) is 4.79 Å². The second kappa shape index (κ2) is 8.66. The Morgan fingerprint density at radius 3 is 2.13 bits per heavy atom. The van der Waals surface area contributed by atoms with Gasteiger partial charge in [0.25, 0.3) is 5.91 Å². The first-order valence-corrected chi connectivity index (χ1v) is 10.9. The Bertz CT molecular complexity index is 769. The number of amides is 3. The summed E-state index contributed by atoms with van der Waals surface area (Å²) in [5.41, 5.74) is 1.00. The van der Waals surface area contributed by atoms with Crippen molar-refractivity contribution in [3.8, 4) is 5.75 Å². The third kappa shape index (κ3) is 4.94. The molecule has 30 heavy (non-hydrogen) atoms. The van der Waals surface area contributed by atoms with Crippen molar-refractivity contribution in [2.45, 2.75) is 57.4 Å². The number of imide groups is 1. The molecule has 7 nitrogen and oxygen atoms in total. The minimum Gasteiger partial charge on any atom is -0.482 e. The van der Waals surface area contributed by atoms with E-state index in [2.05, 4.69) is 17.6 Å². The molecule has 4 saturated carbocycles. The molecule has 0 spiro atoms. The van der Waals surface area contributed by atoms with Crippen LogP contribution in [0.2, 0.25) is 0 Å². The standard InChI is InChI=1S/C23H30N2O5/c1-2-15-3-5-19(6-4-15)29-14-21(27)30-13-20(26)24-22(28)25-23-10-16-7-17(11-23)9-18(8-16)12-23/h3-6,16-18H,2,7-14H2,1H3,(H2,24,25,26,28). The summed E-state index contributed by atoms with van der Waals surface area (Å²) in [6.07, 6.45) is 7.78. The van der Waals surface area contributed by atoms with Crippen molar-refractivity contribution in [1.82, 2.24) is 10.6 Å². The first-order chi connectivity index (χ1) is 14.4. The fraction of sp³-hybridized carbons (Fsp3) is 0.609. The number of ether oxygens (including phenoxy) is 2. The quantitative estimate of drug-likeness (QED) is 0.669. The molecular weight excluding hydrogens is 384 g/mol. The van der Waals surface area contributed by atoms with E-state index in [1.807, 2.05) is 12.1 Å². The van der Waals surface area contributed by atoms with Gasteiger partial charge in [0, 0.05) is 5.54 Å². The maximum atomic E-state index is 12.3. The van der Waals surface area contributed by atoms with Crippen LogP contribution in [0.5, 0.6) is 5.75 Å². The van der Waals surface area contributed by atoms with E-state index >= 15 is 0 Å². The molecule has 4 aliphatic rings. The van der Waals surface area contributed by atoms with E-state index in [0.717, 1.165) is 25.7 Å². The average molecular weight is 415 g/mol. The third-order valence-electron chi connectivity index (χ3n) is 6.72. The summed E-state index contributed by atoms with van der Waals surface area (Å²) in [5.74, 6) is 1.36. The second-order valence-electron chi connectivity index (χ2n) is 9.15. The first-order valence-electron chi connectivity index (χ1n) is 10.9. The first kappa shape index (κ1) is 20.7. The lowest BCUT2D eigenvalue weighted by Gasteiger charge is -2.56. The third-order valence-corrected chi connectivity index (χ3v) is 6.72. The summed E-state index contributed by atoms with van der Waals surface area (Å²) < 4.78 is 10.3. The van der Waals surface area contributed by atoms with Gasteiger partial charge in [-0.15, -0.1) is 0 Å². The molecule has 4 bridgehead atoms. The Morgan fingerprint density at radius 1 is 0.967 bits per heavy atom. The normalized spacial score (nSPS) is 28.6. The van der Waals surface area contributed by atoms with Crippen molar-refractivity contribution in [3.05, 3.63) is 29.8 Å². The molecule has 0 atom stereocenters. The minimum atomic E-state index is -0.661. The SMILES string of the molecule is CCc1ccc(OCC(=O)OCC(=O)NC(=O)NC23CC4CC(CC(C4)C2)C3)cc1. The molecule has 0 unspecified atom stereocenters. The second-order valence-corrected chi connectivity index (χ2v) is 9.15. The molecule has 0 radical (unpaired) electrons. The van der Waals surface area contributed by atoms with Crippen LogP contribution in [0.3, 0.4) is 0 Å². The zero-order chi connectivity index (χ0) is 21.1. The van der Waals surface area contributed by atoms with Gasteiger partial charge in [0.2, 0.25) is 0 Å². The maximum absolute atomic E-state index is 12.3.